The van der Waals surface area contributed by atoms with Crippen molar-refractivity contribution in [2.75, 3.05) is 18.1 Å². The standard InChI is InChI=1S/C16H19ClO2S/c1-11-2-3-13(14(17)8-11)15(18)12-4-6-19-16(9-12)5-7-20-10-16/h2-3,8,12H,4-7,9-10H2,1H3. The fraction of sp³-hybridized carbons (Fsp3) is 0.562. The van der Waals surface area contributed by atoms with Gasteiger partial charge in [0.2, 0.25) is 0 Å². The monoisotopic (exact) mass is 310 g/mol. The number of hydrogen-bond donors (Lipinski definition) is 0. The van der Waals surface area contributed by atoms with Crippen LogP contribution in [0, 0.1) is 12.8 Å². The molecule has 2 aliphatic heterocycles. The first-order chi connectivity index (χ1) is 9.60. The van der Waals surface area contributed by atoms with Gasteiger partial charge in [-0.1, -0.05) is 17.7 Å². The van der Waals surface area contributed by atoms with Crippen LogP contribution in [0.15, 0.2) is 18.2 Å². The fourth-order valence-corrected chi connectivity index (χ4v) is 4.86. The van der Waals surface area contributed by atoms with Crippen molar-refractivity contribution < 1.29 is 9.53 Å². The third kappa shape index (κ3) is 2.76. The van der Waals surface area contributed by atoms with Crippen LogP contribution in [0.2, 0.25) is 5.02 Å². The first-order valence-corrected chi connectivity index (χ1v) is 8.65. The largest absolute Gasteiger partial charge is 0.374 e. The van der Waals surface area contributed by atoms with Gasteiger partial charge >= 0.3 is 0 Å². The van der Waals surface area contributed by atoms with Gasteiger partial charge in [0.05, 0.1) is 10.6 Å². The number of ketones is 1. The molecule has 2 unspecified atom stereocenters. The van der Waals surface area contributed by atoms with E-state index in [1.54, 1.807) is 0 Å². The molecule has 2 heterocycles. The molecule has 1 aromatic rings. The average Bonchev–Trinajstić information content (AvgIpc) is 2.86. The van der Waals surface area contributed by atoms with Crippen LogP contribution in [-0.2, 0) is 4.74 Å². The summed E-state index contributed by atoms with van der Waals surface area (Å²) in [5.74, 6) is 2.42. The van der Waals surface area contributed by atoms with Crippen LogP contribution in [0.25, 0.3) is 0 Å². The number of halogens is 1. The van der Waals surface area contributed by atoms with E-state index in [1.807, 2.05) is 36.9 Å². The van der Waals surface area contributed by atoms with Gasteiger partial charge in [0.15, 0.2) is 5.78 Å². The van der Waals surface area contributed by atoms with Crippen molar-refractivity contribution in [3.05, 3.63) is 34.3 Å². The number of carbonyl (C=O) groups is 1. The molecule has 1 aromatic carbocycles. The zero-order valence-electron chi connectivity index (χ0n) is 11.7. The average molecular weight is 311 g/mol. The molecule has 0 radical (unpaired) electrons. The number of aryl methyl sites for hydroxylation is 1. The molecule has 2 atom stereocenters. The Bertz CT molecular complexity index is 523. The summed E-state index contributed by atoms with van der Waals surface area (Å²) in [5.41, 5.74) is 1.70. The van der Waals surface area contributed by atoms with Crippen molar-refractivity contribution in [2.24, 2.45) is 5.92 Å². The van der Waals surface area contributed by atoms with Gasteiger partial charge in [0, 0.05) is 23.8 Å². The van der Waals surface area contributed by atoms with Crippen molar-refractivity contribution >= 4 is 29.1 Å². The molecule has 2 nitrogen and oxygen atoms in total. The van der Waals surface area contributed by atoms with Crippen LogP contribution < -0.4 is 0 Å². The van der Waals surface area contributed by atoms with E-state index in [2.05, 4.69) is 0 Å². The zero-order valence-corrected chi connectivity index (χ0v) is 13.2. The number of hydrogen-bond acceptors (Lipinski definition) is 3. The smallest absolute Gasteiger partial charge is 0.167 e. The molecule has 0 amide bonds. The van der Waals surface area contributed by atoms with Crippen molar-refractivity contribution in [2.45, 2.75) is 31.8 Å². The molecule has 0 bridgehead atoms. The molecule has 3 rings (SSSR count). The van der Waals surface area contributed by atoms with Gasteiger partial charge in [-0.3, -0.25) is 4.79 Å². The van der Waals surface area contributed by atoms with Crippen LogP contribution in [0.5, 0.6) is 0 Å². The number of Topliss-reactive ketones (excluding diaryl/α,β-unsaturated/α-hetero) is 1. The highest BCUT2D eigenvalue weighted by Crippen LogP contribution is 2.41. The van der Waals surface area contributed by atoms with E-state index in [1.165, 1.54) is 0 Å². The fourth-order valence-electron chi connectivity index (χ4n) is 3.15. The van der Waals surface area contributed by atoms with Crippen LogP contribution in [0.3, 0.4) is 0 Å². The number of thioether (sulfide) groups is 1. The van der Waals surface area contributed by atoms with Crippen molar-refractivity contribution in [3.63, 3.8) is 0 Å². The molecule has 108 valence electrons. The van der Waals surface area contributed by atoms with Crippen LogP contribution in [-0.4, -0.2) is 29.5 Å². The second-order valence-electron chi connectivity index (χ2n) is 5.87. The molecular weight excluding hydrogens is 292 g/mol. The Balaban J connectivity index is 1.79. The van der Waals surface area contributed by atoms with Gasteiger partial charge in [-0.25, -0.2) is 0 Å². The lowest BCUT2D eigenvalue weighted by Crippen LogP contribution is -2.42. The summed E-state index contributed by atoms with van der Waals surface area (Å²) in [6.07, 6.45) is 2.74. The zero-order chi connectivity index (χ0) is 14.2. The summed E-state index contributed by atoms with van der Waals surface area (Å²) < 4.78 is 5.99. The molecule has 2 fully saturated rings. The third-order valence-corrected chi connectivity index (χ3v) is 5.86. The number of benzene rings is 1. The summed E-state index contributed by atoms with van der Waals surface area (Å²) in [6.45, 7) is 2.68. The second-order valence-corrected chi connectivity index (χ2v) is 7.38. The summed E-state index contributed by atoms with van der Waals surface area (Å²) in [7, 11) is 0. The highest BCUT2D eigenvalue weighted by molar-refractivity contribution is 7.99. The van der Waals surface area contributed by atoms with E-state index in [4.69, 9.17) is 16.3 Å². The minimum Gasteiger partial charge on any atom is -0.374 e. The van der Waals surface area contributed by atoms with Gasteiger partial charge < -0.3 is 4.74 Å². The molecule has 0 aromatic heterocycles. The minimum absolute atomic E-state index is 0.0551. The molecule has 1 spiro atoms. The predicted molar refractivity (Wildman–Crippen MR) is 83.9 cm³/mol. The van der Waals surface area contributed by atoms with Gasteiger partial charge in [-0.05, 0) is 49.6 Å². The highest BCUT2D eigenvalue weighted by Gasteiger charge is 2.42. The molecule has 2 aliphatic rings. The maximum absolute atomic E-state index is 12.7. The Kier molecular flexibility index (Phi) is 4.11. The predicted octanol–water partition coefficient (Wildman–Crippen LogP) is 4.13. The SMILES string of the molecule is Cc1ccc(C(=O)C2CCOC3(CCSC3)C2)c(Cl)c1. The maximum Gasteiger partial charge on any atom is 0.167 e. The molecule has 0 saturated carbocycles. The first-order valence-electron chi connectivity index (χ1n) is 7.12. The number of ether oxygens (including phenoxy) is 1. The summed E-state index contributed by atoms with van der Waals surface area (Å²) in [6, 6.07) is 5.69. The normalized spacial score (nSPS) is 29.8. The Morgan fingerprint density at radius 1 is 1.50 bits per heavy atom. The molecule has 4 heteroatoms. The van der Waals surface area contributed by atoms with Gasteiger partial charge in [-0.2, -0.15) is 11.8 Å². The maximum atomic E-state index is 12.7. The highest BCUT2D eigenvalue weighted by atomic mass is 35.5. The van der Waals surface area contributed by atoms with E-state index in [9.17, 15) is 4.79 Å². The van der Waals surface area contributed by atoms with Crippen LogP contribution in [0.4, 0.5) is 0 Å². The van der Waals surface area contributed by atoms with Gasteiger partial charge in [0.1, 0.15) is 0 Å². The van der Waals surface area contributed by atoms with E-state index in [-0.39, 0.29) is 17.3 Å². The first kappa shape index (κ1) is 14.4. The molecule has 0 aliphatic carbocycles. The lowest BCUT2D eigenvalue weighted by Gasteiger charge is -2.37. The number of carbonyl (C=O) groups excluding carboxylic acids is 1. The van der Waals surface area contributed by atoms with Crippen molar-refractivity contribution in [1.29, 1.82) is 0 Å². The molecule has 20 heavy (non-hydrogen) atoms. The van der Waals surface area contributed by atoms with E-state index in [0.717, 1.165) is 36.3 Å². The lowest BCUT2D eigenvalue weighted by molar-refractivity contribution is -0.0734. The van der Waals surface area contributed by atoms with Crippen LogP contribution >= 0.6 is 23.4 Å². The Morgan fingerprint density at radius 2 is 2.35 bits per heavy atom. The summed E-state index contributed by atoms with van der Waals surface area (Å²) in [5, 5.41) is 0.580. The van der Waals surface area contributed by atoms with Crippen molar-refractivity contribution in [3.8, 4) is 0 Å². The van der Waals surface area contributed by atoms with E-state index >= 15 is 0 Å². The summed E-state index contributed by atoms with van der Waals surface area (Å²) in [4.78, 5) is 12.7. The van der Waals surface area contributed by atoms with Gasteiger partial charge in [0.25, 0.3) is 0 Å². The molecular formula is C16H19ClO2S. The Hall–Kier alpha value is -0.510. The van der Waals surface area contributed by atoms with E-state index < -0.39 is 0 Å². The second kappa shape index (κ2) is 5.70. The van der Waals surface area contributed by atoms with Gasteiger partial charge in [-0.15, -0.1) is 0 Å². The topological polar surface area (TPSA) is 26.3 Å². The van der Waals surface area contributed by atoms with Crippen LogP contribution in [0.1, 0.15) is 35.2 Å². The van der Waals surface area contributed by atoms with E-state index in [0.29, 0.717) is 17.2 Å². The lowest BCUT2D eigenvalue weighted by atomic mass is 9.81. The Morgan fingerprint density at radius 3 is 3.05 bits per heavy atom. The summed E-state index contributed by atoms with van der Waals surface area (Å²) >= 11 is 8.17. The molecule has 0 N–H and O–H groups in total. The number of rotatable bonds is 2. The minimum atomic E-state index is -0.0551. The third-order valence-electron chi connectivity index (χ3n) is 4.32. The quantitative estimate of drug-likeness (QED) is 0.768. The molecule has 2 saturated heterocycles. The Labute approximate surface area is 129 Å². The van der Waals surface area contributed by atoms with Crippen molar-refractivity contribution in [1.82, 2.24) is 0 Å².